The molecule has 0 bridgehead atoms. The molecule has 4 rings (SSSR count). The number of benzene rings is 2. The van der Waals surface area contributed by atoms with E-state index in [2.05, 4.69) is 4.90 Å². The topological polar surface area (TPSA) is 79.2 Å². The summed E-state index contributed by atoms with van der Waals surface area (Å²) < 4.78 is 10.4. The fourth-order valence-corrected chi connectivity index (χ4v) is 4.41. The highest BCUT2D eigenvalue weighted by atomic mass is 35.5. The first-order valence-corrected chi connectivity index (χ1v) is 11.4. The first kappa shape index (κ1) is 23.5. The number of piperidine rings is 1. The standard InChI is InChI=1S/C25H25Cl2NO5/c1-32-21-9-15(7-19(26)24(21)30)5-17-12-28(11-14-3-4-14)13-18(23(17)29)6-16-8-20(27)25(31)22(10-16)33-2/h5-10,14,30-31H,3-4,11-13H2,1-2H3. The van der Waals surface area contributed by atoms with Crippen LogP contribution in [0.25, 0.3) is 12.2 Å². The molecule has 2 aromatic carbocycles. The number of hydrogen-bond donors (Lipinski definition) is 2. The molecule has 1 saturated carbocycles. The molecule has 6 nitrogen and oxygen atoms in total. The molecule has 174 valence electrons. The fourth-order valence-electron chi connectivity index (χ4n) is 3.97. The van der Waals surface area contributed by atoms with Gasteiger partial charge in [-0.15, -0.1) is 0 Å². The zero-order chi connectivity index (χ0) is 23.7. The lowest BCUT2D eigenvalue weighted by atomic mass is 9.94. The first-order chi connectivity index (χ1) is 15.8. The lowest BCUT2D eigenvalue weighted by Gasteiger charge is -2.30. The van der Waals surface area contributed by atoms with Gasteiger partial charge in [-0.25, -0.2) is 0 Å². The van der Waals surface area contributed by atoms with Crippen molar-refractivity contribution in [1.82, 2.24) is 4.90 Å². The van der Waals surface area contributed by atoms with Crippen molar-refractivity contribution < 1.29 is 24.5 Å². The molecule has 2 N–H and O–H groups in total. The van der Waals surface area contributed by atoms with Crippen LogP contribution in [0.2, 0.25) is 10.0 Å². The van der Waals surface area contributed by atoms with E-state index in [1.54, 1.807) is 36.4 Å². The number of methoxy groups -OCH3 is 2. The smallest absolute Gasteiger partial charge is 0.187 e. The summed E-state index contributed by atoms with van der Waals surface area (Å²) in [5, 5.41) is 20.3. The normalized spacial score (nSPS) is 19.3. The van der Waals surface area contributed by atoms with Crippen LogP contribution in [0.1, 0.15) is 24.0 Å². The molecule has 1 heterocycles. The number of phenols is 2. The summed E-state index contributed by atoms with van der Waals surface area (Å²) in [7, 11) is 2.90. The van der Waals surface area contributed by atoms with Crippen molar-refractivity contribution in [3.63, 3.8) is 0 Å². The third kappa shape index (κ3) is 5.29. The molecule has 0 atom stereocenters. The average Bonchev–Trinajstić information content (AvgIpc) is 3.60. The van der Waals surface area contributed by atoms with E-state index in [0.717, 1.165) is 6.54 Å². The zero-order valence-corrected chi connectivity index (χ0v) is 19.9. The van der Waals surface area contributed by atoms with Gasteiger partial charge in [-0.2, -0.15) is 0 Å². The summed E-state index contributed by atoms with van der Waals surface area (Å²) in [6.07, 6.45) is 5.98. The molecule has 0 unspecified atom stereocenters. The van der Waals surface area contributed by atoms with Gasteiger partial charge >= 0.3 is 0 Å². The van der Waals surface area contributed by atoms with Gasteiger partial charge in [0.25, 0.3) is 0 Å². The minimum atomic E-state index is -0.134. The molecular weight excluding hydrogens is 465 g/mol. The maximum Gasteiger partial charge on any atom is 0.187 e. The number of Topliss-reactive ketones (excluding diaryl/α,β-unsaturated/α-hetero) is 1. The summed E-state index contributed by atoms with van der Waals surface area (Å²) >= 11 is 12.3. The molecule has 33 heavy (non-hydrogen) atoms. The minimum absolute atomic E-state index is 0.0756. The van der Waals surface area contributed by atoms with Crippen LogP contribution in [0, 0.1) is 5.92 Å². The number of likely N-dealkylation sites (tertiary alicyclic amines) is 1. The summed E-state index contributed by atoms with van der Waals surface area (Å²) in [5.41, 5.74) is 2.57. The maximum atomic E-state index is 13.4. The average molecular weight is 490 g/mol. The Bertz CT molecular complexity index is 1070. The highest BCUT2D eigenvalue weighted by Crippen LogP contribution is 2.38. The van der Waals surface area contributed by atoms with Crippen LogP contribution in [-0.2, 0) is 4.79 Å². The van der Waals surface area contributed by atoms with Crippen molar-refractivity contribution in [1.29, 1.82) is 0 Å². The van der Waals surface area contributed by atoms with Gasteiger partial charge in [0.15, 0.2) is 28.8 Å². The number of nitrogens with zero attached hydrogens (tertiary/aromatic N) is 1. The number of rotatable bonds is 6. The van der Waals surface area contributed by atoms with E-state index >= 15 is 0 Å². The largest absolute Gasteiger partial charge is 0.503 e. The Labute approximate surface area is 202 Å². The van der Waals surface area contributed by atoms with Crippen molar-refractivity contribution in [3.05, 3.63) is 56.6 Å². The second kappa shape index (κ2) is 9.67. The monoisotopic (exact) mass is 489 g/mol. The number of hydrogen-bond acceptors (Lipinski definition) is 6. The van der Waals surface area contributed by atoms with Gasteiger partial charge in [0, 0.05) is 30.8 Å². The highest BCUT2D eigenvalue weighted by molar-refractivity contribution is 6.32. The van der Waals surface area contributed by atoms with Crippen molar-refractivity contribution in [2.75, 3.05) is 33.9 Å². The SMILES string of the molecule is COc1cc(C=C2CN(CC3CC3)CC(=Cc3cc(Cl)c(O)c(OC)c3)C2=O)cc(Cl)c1O. The number of ether oxygens (including phenoxy) is 2. The van der Waals surface area contributed by atoms with Gasteiger partial charge in [0.2, 0.25) is 0 Å². The third-order valence-corrected chi connectivity index (χ3v) is 6.38. The molecule has 8 heteroatoms. The van der Waals surface area contributed by atoms with Crippen LogP contribution in [0.3, 0.4) is 0 Å². The fraction of sp³-hybridized carbons (Fsp3) is 0.320. The predicted octanol–water partition coefficient (Wildman–Crippen LogP) is 5.18. The Morgan fingerprint density at radius 1 is 0.909 bits per heavy atom. The second-order valence-corrected chi connectivity index (χ2v) is 9.20. The number of carbonyl (C=O) groups is 1. The van der Waals surface area contributed by atoms with Crippen LogP contribution in [0.15, 0.2) is 35.4 Å². The Kier molecular flexibility index (Phi) is 6.88. The third-order valence-electron chi connectivity index (χ3n) is 5.81. The highest BCUT2D eigenvalue weighted by Gasteiger charge is 2.31. The van der Waals surface area contributed by atoms with Gasteiger partial charge in [-0.3, -0.25) is 9.69 Å². The van der Waals surface area contributed by atoms with Gasteiger partial charge in [-0.1, -0.05) is 23.2 Å². The molecule has 0 radical (unpaired) electrons. The number of aromatic hydroxyl groups is 2. The molecule has 2 fully saturated rings. The summed E-state index contributed by atoms with van der Waals surface area (Å²) in [4.78, 5) is 15.7. The predicted molar refractivity (Wildman–Crippen MR) is 129 cm³/mol. The molecule has 1 aliphatic carbocycles. The number of halogens is 2. The summed E-state index contributed by atoms with van der Waals surface area (Å²) in [6, 6.07) is 6.51. The quantitative estimate of drug-likeness (QED) is 0.544. The molecule has 0 spiro atoms. The molecule has 1 aliphatic heterocycles. The van der Waals surface area contributed by atoms with Crippen molar-refractivity contribution in [2.45, 2.75) is 12.8 Å². The molecule has 0 amide bonds. The zero-order valence-electron chi connectivity index (χ0n) is 18.4. The van der Waals surface area contributed by atoms with Crippen molar-refractivity contribution in [2.24, 2.45) is 5.92 Å². The Morgan fingerprint density at radius 2 is 1.36 bits per heavy atom. The van der Waals surface area contributed by atoms with Gasteiger partial charge in [0.05, 0.1) is 24.3 Å². The number of phenolic OH excluding ortho intramolecular Hbond substituents is 2. The molecule has 2 aromatic rings. The van der Waals surface area contributed by atoms with E-state index in [4.69, 9.17) is 32.7 Å². The first-order valence-electron chi connectivity index (χ1n) is 10.6. The Balaban J connectivity index is 1.72. The summed E-state index contributed by atoms with van der Waals surface area (Å²) in [6.45, 7) is 1.96. The van der Waals surface area contributed by atoms with E-state index in [1.807, 2.05) is 0 Å². The molecule has 1 saturated heterocycles. The maximum absolute atomic E-state index is 13.4. The van der Waals surface area contributed by atoms with E-state index < -0.39 is 0 Å². The van der Waals surface area contributed by atoms with E-state index in [1.165, 1.54) is 27.1 Å². The lowest BCUT2D eigenvalue weighted by molar-refractivity contribution is -0.113. The summed E-state index contributed by atoms with van der Waals surface area (Å²) in [5.74, 6) is 0.805. The Hall–Kier alpha value is -2.67. The number of ketones is 1. The van der Waals surface area contributed by atoms with Crippen molar-refractivity contribution >= 4 is 41.1 Å². The van der Waals surface area contributed by atoms with Crippen LogP contribution in [0.5, 0.6) is 23.0 Å². The van der Waals surface area contributed by atoms with Crippen LogP contribution in [0.4, 0.5) is 0 Å². The van der Waals surface area contributed by atoms with Crippen LogP contribution >= 0.6 is 23.2 Å². The molecule has 0 aromatic heterocycles. The van der Waals surface area contributed by atoms with Crippen LogP contribution in [-0.4, -0.2) is 54.8 Å². The molecular formula is C25H25Cl2NO5. The minimum Gasteiger partial charge on any atom is -0.503 e. The van der Waals surface area contributed by atoms with E-state index in [-0.39, 0.29) is 38.8 Å². The van der Waals surface area contributed by atoms with E-state index in [9.17, 15) is 15.0 Å². The van der Waals surface area contributed by atoms with E-state index in [0.29, 0.717) is 41.3 Å². The van der Waals surface area contributed by atoms with Gasteiger partial charge < -0.3 is 19.7 Å². The van der Waals surface area contributed by atoms with Gasteiger partial charge in [-0.05, 0) is 66.3 Å². The lowest BCUT2D eigenvalue weighted by Crippen LogP contribution is -2.38. The van der Waals surface area contributed by atoms with Crippen molar-refractivity contribution in [3.8, 4) is 23.0 Å². The van der Waals surface area contributed by atoms with Gasteiger partial charge in [0.1, 0.15) is 0 Å². The van der Waals surface area contributed by atoms with Crippen LogP contribution < -0.4 is 9.47 Å². The Morgan fingerprint density at radius 3 is 1.76 bits per heavy atom. The molecule has 2 aliphatic rings. The second-order valence-electron chi connectivity index (χ2n) is 8.39. The number of carbonyl (C=O) groups excluding carboxylic acids is 1.